The molecule has 0 atom stereocenters. The summed E-state index contributed by atoms with van der Waals surface area (Å²) in [5.41, 5.74) is 8.22. The zero-order valence-corrected chi connectivity index (χ0v) is 12.9. The maximum Gasteiger partial charge on any atom is 0.172 e. The average Bonchev–Trinajstić information content (AvgIpc) is 2.48. The molecule has 3 N–H and O–H groups in total. The molecule has 2 aromatic rings. The van der Waals surface area contributed by atoms with Crippen LogP contribution in [0.5, 0.6) is 0 Å². The molecule has 0 unspecified atom stereocenters. The Hall–Kier alpha value is -1.91. The second-order valence-corrected chi connectivity index (χ2v) is 5.50. The Labute approximate surface area is 133 Å². The van der Waals surface area contributed by atoms with E-state index >= 15 is 0 Å². The zero-order valence-electron chi connectivity index (χ0n) is 11.4. The van der Waals surface area contributed by atoms with Crippen LogP contribution in [0.3, 0.4) is 0 Å². The van der Waals surface area contributed by atoms with Crippen LogP contribution in [0.25, 0.3) is 0 Å². The first-order chi connectivity index (χ1) is 10.0. The Morgan fingerprint density at radius 3 is 2.38 bits per heavy atom. The van der Waals surface area contributed by atoms with E-state index in [9.17, 15) is 0 Å². The van der Waals surface area contributed by atoms with Crippen molar-refractivity contribution in [3.05, 3.63) is 63.6 Å². The van der Waals surface area contributed by atoms with Crippen LogP contribution in [-0.2, 0) is 6.54 Å². The highest BCUT2D eigenvalue weighted by molar-refractivity contribution is 6.31. The molecule has 110 valence electrons. The Morgan fingerprint density at radius 2 is 1.76 bits per heavy atom. The molecule has 0 heterocycles. The number of hydrogen-bond donors (Lipinski definition) is 2. The van der Waals surface area contributed by atoms with Gasteiger partial charge in [0.15, 0.2) is 5.84 Å². The monoisotopic (exact) mass is 323 g/mol. The van der Waals surface area contributed by atoms with E-state index in [-0.39, 0.29) is 5.84 Å². The third kappa shape index (κ3) is 3.80. The lowest BCUT2D eigenvalue weighted by molar-refractivity contribution is 0.318. The smallest absolute Gasteiger partial charge is 0.172 e. The first kappa shape index (κ1) is 15.5. The van der Waals surface area contributed by atoms with E-state index in [1.165, 1.54) is 0 Å². The van der Waals surface area contributed by atoms with Crippen LogP contribution in [0.4, 0.5) is 5.69 Å². The van der Waals surface area contributed by atoms with Gasteiger partial charge >= 0.3 is 0 Å². The average molecular weight is 324 g/mol. The van der Waals surface area contributed by atoms with Crippen molar-refractivity contribution < 1.29 is 5.21 Å². The van der Waals surface area contributed by atoms with Crippen LogP contribution >= 0.6 is 23.2 Å². The molecule has 0 bridgehead atoms. The second-order valence-electron chi connectivity index (χ2n) is 4.63. The van der Waals surface area contributed by atoms with Gasteiger partial charge in [-0.2, -0.15) is 0 Å². The van der Waals surface area contributed by atoms with Crippen molar-refractivity contribution in [3.8, 4) is 0 Å². The molecular weight excluding hydrogens is 309 g/mol. The van der Waals surface area contributed by atoms with Crippen LogP contribution in [-0.4, -0.2) is 18.1 Å². The van der Waals surface area contributed by atoms with Gasteiger partial charge in [0.05, 0.1) is 0 Å². The topological polar surface area (TPSA) is 61.8 Å². The molecule has 0 aromatic heterocycles. The number of nitrogens with two attached hydrogens (primary N) is 1. The predicted octanol–water partition coefficient (Wildman–Crippen LogP) is 3.72. The van der Waals surface area contributed by atoms with E-state index in [1.54, 1.807) is 12.1 Å². The van der Waals surface area contributed by atoms with E-state index < -0.39 is 0 Å². The molecule has 6 heteroatoms. The van der Waals surface area contributed by atoms with E-state index in [1.807, 2.05) is 42.3 Å². The maximum absolute atomic E-state index is 8.89. The lowest BCUT2D eigenvalue weighted by atomic mass is 10.1. The number of hydrogen-bond acceptors (Lipinski definition) is 3. The van der Waals surface area contributed by atoms with Gasteiger partial charge in [-0.15, -0.1) is 0 Å². The normalized spacial score (nSPS) is 11.5. The minimum Gasteiger partial charge on any atom is -0.409 e. The summed E-state index contributed by atoms with van der Waals surface area (Å²) >= 11 is 11.9. The standard InChI is InChI=1S/C15H15Cl2N3O/c1-20(9-10-2-4-11(16)5-3-10)14-7-6-12(17)8-13(14)15(18)19-21/h2-8,21H,9H2,1H3,(H2,18,19). The largest absolute Gasteiger partial charge is 0.409 e. The van der Waals surface area contributed by atoms with Gasteiger partial charge in [-0.25, -0.2) is 0 Å². The molecule has 0 saturated carbocycles. The molecule has 0 radical (unpaired) electrons. The molecule has 0 fully saturated rings. The first-order valence-corrected chi connectivity index (χ1v) is 7.00. The highest BCUT2D eigenvalue weighted by atomic mass is 35.5. The van der Waals surface area contributed by atoms with Crippen LogP contribution in [0, 0.1) is 0 Å². The second kappa shape index (κ2) is 6.70. The van der Waals surface area contributed by atoms with Crippen molar-refractivity contribution in [2.24, 2.45) is 10.9 Å². The lowest BCUT2D eigenvalue weighted by Gasteiger charge is -2.22. The number of rotatable bonds is 4. The van der Waals surface area contributed by atoms with E-state index in [0.29, 0.717) is 22.2 Å². The Morgan fingerprint density at radius 1 is 1.14 bits per heavy atom. The number of oxime groups is 1. The van der Waals surface area contributed by atoms with Gasteiger partial charge in [0.2, 0.25) is 0 Å². The molecule has 0 saturated heterocycles. The predicted molar refractivity (Wildman–Crippen MR) is 87.5 cm³/mol. The summed E-state index contributed by atoms with van der Waals surface area (Å²) in [7, 11) is 1.92. The van der Waals surface area contributed by atoms with E-state index in [4.69, 9.17) is 34.1 Å². The zero-order chi connectivity index (χ0) is 15.4. The molecule has 0 aliphatic carbocycles. The Bertz CT molecular complexity index is 656. The van der Waals surface area contributed by atoms with Crippen molar-refractivity contribution in [1.82, 2.24) is 0 Å². The van der Waals surface area contributed by atoms with Crippen molar-refractivity contribution in [1.29, 1.82) is 0 Å². The van der Waals surface area contributed by atoms with E-state index in [0.717, 1.165) is 11.3 Å². The third-order valence-electron chi connectivity index (χ3n) is 3.09. The van der Waals surface area contributed by atoms with Crippen molar-refractivity contribution >= 4 is 34.7 Å². The number of halogens is 2. The summed E-state index contributed by atoms with van der Waals surface area (Å²) in [6.45, 7) is 0.657. The minimum absolute atomic E-state index is 0.0236. The Balaban J connectivity index is 2.30. The fourth-order valence-corrected chi connectivity index (χ4v) is 2.35. The molecule has 2 rings (SSSR count). The number of anilines is 1. The summed E-state index contributed by atoms with van der Waals surface area (Å²) in [4.78, 5) is 1.99. The van der Waals surface area contributed by atoms with Crippen molar-refractivity contribution in [3.63, 3.8) is 0 Å². The third-order valence-corrected chi connectivity index (χ3v) is 3.57. The van der Waals surface area contributed by atoms with Crippen molar-refractivity contribution in [2.45, 2.75) is 6.54 Å². The SMILES string of the molecule is CN(Cc1ccc(Cl)cc1)c1ccc(Cl)cc1C(N)=NO. The highest BCUT2D eigenvalue weighted by Gasteiger charge is 2.12. The highest BCUT2D eigenvalue weighted by Crippen LogP contribution is 2.25. The molecule has 0 amide bonds. The summed E-state index contributed by atoms with van der Waals surface area (Å²) in [6.07, 6.45) is 0. The van der Waals surface area contributed by atoms with E-state index in [2.05, 4.69) is 5.16 Å². The molecule has 0 aliphatic rings. The number of amidine groups is 1. The summed E-state index contributed by atoms with van der Waals surface area (Å²) in [5.74, 6) is 0.0236. The maximum atomic E-state index is 8.89. The van der Waals surface area contributed by atoms with Gasteiger partial charge in [0.25, 0.3) is 0 Å². The summed E-state index contributed by atoms with van der Waals surface area (Å²) in [6, 6.07) is 12.9. The molecule has 0 spiro atoms. The van der Waals surface area contributed by atoms with Crippen LogP contribution in [0.15, 0.2) is 47.6 Å². The van der Waals surface area contributed by atoms with Gasteiger partial charge in [-0.1, -0.05) is 40.5 Å². The van der Waals surface area contributed by atoms with Crippen LogP contribution in [0.2, 0.25) is 10.0 Å². The molecule has 0 aliphatic heterocycles. The summed E-state index contributed by atoms with van der Waals surface area (Å²) in [5, 5.41) is 13.2. The quantitative estimate of drug-likeness (QED) is 0.390. The van der Waals surface area contributed by atoms with Crippen LogP contribution in [0.1, 0.15) is 11.1 Å². The van der Waals surface area contributed by atoms with Gasteiger partial charge in [0, 0.05) is 34.9 Å². The number of benzene rings is 2. The van der Waals surface area contributed by atoms with Gasteiger partial charge in [0.1, 0.15) is 0 Å². The molecular formula is C15H15Cl2N3O. The minimum atomic E-state index is 0.0236. The van der Waals surface area contributed by atoms with Crippen LogP contribution < -0.4 is 10.6 Å². The first-order valence-electron chi connectivity index (χ1n) is 6.24. The fourth-order valence-electron chi connectivity index (χ4n) is 2.05. The van der Waals surface area contributed by atoms with Gasteiger partial charge in [-0.05, 0) is 35.9 Å². The van der Waals surface area contributed by atoms with Crippen molar-refractivity contribution in [2.75, 3.05) is 11.9 Å². The Kier molecular flexibility index (Phi) is 4.94. The molecule has 21 heavy (non-hydrogen) atoms. The lowest BCUT2D eigenvalue weighted by Crippen LogP contribution is -2.22. The summed E-state index contributed by atoms with van der Waals surface area (Å²) < 4.78 is 0. The molecule has 2 aromatic carbocycles. The van der Waals surface area contributed by atoms with Gasteiger partial charge in [-0.3, -0.25) is 0 Å². The molecule has 4 nitrogen and oxygen atoms in total. The fraction of sp³-hybridized carbons (Fsp3) is 0.133. The van der Waals surface area contributed by atoms with Gasteiger partial charge < -0.3 is 15.8 Å². The number of nitrogens with zero attached hydrogens (tertiary/aromatic N) is 2.